The van der Waals surface area contributed by atoms with Gasteiger partial charge in [-0.05, 0) is 45.0 Å². The van der Waals surface area contributed by atoms with E-state index in [4.69, 9.17) is 15.1 Å². The molecule has 8 heteroatoms. The molecule has 2 heterocycles. The normalized spacial score (nSPS) is 11.0. The van der Waals surface area contributed by atoms with Gasteiger partial charge in [0.1, 0.15) is 11.5 Å². The van der Waals surface area contributed by atoms with E-state index in [0.717, 1.165) is 28.3 Å². The van der Waals surface area contributed by atoms with Gasteiger partial charge in [-0.15, -0.1) is 10.2 Å². The van der Waals surface area contributed by atoms with Gasteiger partial charge < -0.3 is 15.1 Å². The third-order valence-electron chi connectivity index (χ3n) is 3.61. The van der Waals surface area contributed by atoms with Gasteiger partial charge in [-0.2, -0.15) is 0 Å². The number of benzene rings is 1. The van der Waals surface area contributed by atoms with Crippen molar-refractivity contribution in [1.29, 1.82) is 0 Å². The minimum absolute atomic E-state index is 0.610. The number of rotatable bonds is 6. The largest absolute Gasteiger partial charge is 0.494 e. The van der Waals surface area contributed by atoms with Crippen LogP contribution in [0.3, 0.4) is 0 Å². The molecule has 0 spiro atoms. The number of aryl methyl sites for hydroxylation is 2. The fourth-order valence-electron chi connectivity index (χ4n) is 2.28. The molecule has 0 radical (unpaired) electrons. The lowest BCUT2D eigenvalue weighted by Gasteiger charge is -2.05. The third kappa shape index (κ3) is 3.23. The van der Waals surface area contributed by atoms with Crippen LogP contribution in [0.5, 0.6) is 5.75 Å². The van der Waals surface area contributed by atoms with Gasteiger partial charge in [0.2, 0.25) is 5.16 Å². The van der Waals surface area contributed by atoms with E-state index in [0.29, 0.717) is 23.3 Å². The predicted molar refractivity (Wildman–Crippen MR) is 92.3 cm³/mol. The Kier molecular flexibility index (Phi) is 4.75. The monoisotopic (exact) mass is 345 g/mol. The lowest BCUT2D eigenvalue weighted by Crippen LogP contribution is -2.11. The van der Waals surface area contributed by atoms with E-state index in [-0.39, 0.29) is 0 Å². The van der Waals surface area contributed by atoms with Gasteiger partial charge in [-0.1, -0.05) is 16.9 Å². The Labute approximate surface area is 144 Å². The minimum atomic E-state index is 0.610. The second-order valence-electron chi connectivity index (χ2n) is 5.22. The molecule has 0 saturated heterocycles. The van der Waals surface area contributed by atoms with Gasteiger partial charge in [-0.25, -0.2) is 4.68 Å². The molecule has 0 bridgehead atoms. The van der Waals surface area contributed by atoms with E-state index in [1.165, 1.54) is 16.4 Å². The van der Waals surface area contributed by atoms with Crippen LogP contribution >= 0.6 is 11.8 Å². The first-order chi connectivity index (χ1) is 11.6. The highest BCUT2D eigenvalue weighted by molar-refractivity contribution is 7.98. The molecule has 3 rings (SSSR count). The van der Waals surface area contributed by atoms with E-state index in [2.05, 4.69) is 15.4 Å². The summed E-state index contributed by atoms with van der Waals surface area (Å²) in [5, 5.41) is 13.0. The summed E-state index contributed by atoms with van der Waals surface area (Å²) >= 11 is 1.50. The van der Waals surface area contributed by atoms with Crippen LogP contribution in [0.25, 0.3) is 11.4 Å². The van der Waals surface area contributed by atoms with Crippen molar-refractivity contribution in [1.82, 2.24) is 20.0 Å². The van der Waals surface area contributed by atoms with Crippen molar-refractivity contribution in [2.24, 2.45) is 0 Å². The lowest BCUT2D eigenvalue weighted by molar-refractivity contribution is 0.340. The molecule has 0 unspecified atom stereocenters. The Hall–Kier alpha value is -2.48. The van der Waals surface area contributed by atoms with Gasteiger partial charge in [0, 0.05) is 16.9 Å². The van der Waals surface area contributed by atoms with Gasteiger partial charge in [0.15, 0.2) is 5.82 Å². The summed E-state index contributed by atoms with van der Waals surface area (Å²) < 4.78 is 12.1. The molecule has 0 amide bonds. The highest BCUT2D eigenvalue weighted by Crippen LogP contribution is 2.27. The van der Waals surface area contributed by atoms with Crippen molar-refractivity contribution < 1.29 is 9.26 Å². The number of hydrogen-bond donors (Lipinski definition) is 1. The first-order valence-electron chi connectivity index (χ1n) is 7.58. The van der Waals surface area contributed by atoms with Gasteiger partial charge >= 0.3 is 0 Å². The Morgan fingerprint density at radius 3 is 2.58 bits per heavy atom. The van der Waals surface area contributed by atoms with Crippen LogP contribution in [-0.4, -0.2) is 26.6 Å². The van der Waals surface area contributed by atoms with Crippen LogP contribution in [0, 0.1) is 13.8 Å². The van der Waals surface area contributed by atoms with Crippen molar-refractivity contribution in [3.05, 3.63) is 41.3 Å². The Bertz CT molecular complexity index is 806. The maximum Gasteiger partial charge on any atom is 0.210 e. The molecule has 0 aliphatic heterocycles. The highest BCUT2D eigenvalue weighted by atomic mass is 32.2. The second kappa shape index (κ2) is 6.96. The summed E-state index contributed by atoms with van der Waals surface area (Å²) in [7, 11) is 0. The topological polar surface area (TPSA) is 92.0 Å². The van der Waals surface area contributed by atoms with Crippen molar-refractivity contribution >= 4 is 11.8 Å². The maximum atomic E-state index is 6.15. The van der Waals surface area contributed by atoms with Crippen molar-refractivity contribution in [3.8, 4) is 17.1 Å². The summed E-state index contributed by atoms with van der Waals surface area (Å²) in [6.07, 6.45) is 0. The Balaban J connectivity index is 1.76. The van der Waals surface area contributed by atoms with Gasteiger partial charge in [0.25, 0.3) is 0 Å². The summed E-state index contributed by atoms with van der Waals surface area (Å²) in [6.45, 7) is 6.40. The molecule has 3 aromatic rings. The molecule has 2 aromatic heterocycles. The van der Waals surface area contributed by atoms with Crippen LogP contribution in [-0.2, 0) is 5.75 Å². The average molecular weight is 345 g/mol. The first-order valence-corrected chi connectivity index (χ1v) is 8.57. The summed E-state index contributed by atoms with van der Waals surface area (Å²) in [5.74, 6) is 9.07. The number of nitrogens with zero attached hydrogens (tertiary/aromatic N) is 4. The molecular weight excluding hydrogens is 326 g/mol. The number of nitrogens with two attached hydrogens (primary N) is 1. The zero-order valence-electron chi connectivity index (χ0n) is 13.8. The van der Waals surface area contributed by atoms with Crippen molar-refractivity contribution in [2.45, 2.75) is 31.7 Å². The summed E-state index contributed by atoms with van der Waals surface area (Å²) in [6, 6.07) is 7.62. The van der Waals surface area contributed by atoms with Gasteiger partial charge in [0.05, 0.1) is 12.3 Å². The maximum absolute atomic E-state index is 6.15. The zero-order chi connectivity index (χ0) is 17.1. The SMILES string of the molecule is CCOc1ccc(-c2nnc(SCc3c(C)noc3C)n2N)cc1. The smallest absolute Gasteiger partial charge is 0.210 e. The molecule has 1 aromatic carbocycles. The Morgan fingerprint density at radius 1 is 1.21 bits per heavy atom. The van der Waals surface area contributed by atoms with Crippen LogP contribution < -0.4 is 10.6 Å². The number of ether oxygens (including phenoxy) is 1. The number of aromatic nitrogens is 4. The molecule has 0 atom stereocenters. The average Bonchev–Trinajstić information content (AvgIpc) is 3.10. The molecular formula is C16H19N5O2S. The molecule has 0 aliphatic rings. The predicted octanol–water partition coefficient (Wildman–Crippen LogP) is 2.95. The molecule has 0 aliphatic carbocycles. The fourth-order valence-corrected chi connectivity index (χ4v) is 3.29. The first kappa shape index (κ1) is 16.4. The van der Waals surface area contributed by atoms with E-state index in [9.17, 15) is 0 Å². The Morgan fingerprint density at radius 2 is 1.96 bits per heavy atom. The molecule has 24 heavy (non-hydrogen) atoms. The van der Waals surface area contributed by atoms with Crippen molar-refractivity contribution in [2.75, 3.05) is 12.4 Å². The van der Waals surface area contributed by atoms with Crippen LogP contribution in [0.4, 0.5) is 0 Å². The van der Waals surface area contributed by atoms with Crippen LogP contribution in [0.1, 0.15) is 23.9 Å². The van der Waals surface area contributed by atoms with E-state index >= 15 is 0 Å². The summed E-state index contributed by atoms with van der Waals surface area (Å²) in [4.78, 5) is 0. The molecule has 126 valence electrons. The van der Waals surface area contributed by atoms with Gasteiger partial charge in [-0.3, -0.25) is 0 Å². The van der Waals surface area contributed by atoms with Crippen molar-refractivity contribution in [3.63, 3.8) is 0 Å². The van der Waals surface area contributed by atoms with E-state index in [1.807, 2.05) is 45.0 Å². The van der Waals surface area contributed by atoms with Crippen LogP contribution in [0.2, 0.25) is 0 Å². The standard InChI is InChI=1S/C16H19N5O2S/c1-4-22-13-7-5-12(6-8-13)15-18-19-16(21(15)17)24-9-14-10(2)20-23-11(14)3/h5-8H,4,9,17H2,1-3H3. The molecule has 2 N–H and O–H groups in total. The number of nitrogen functional groups attached to an aromatic ring is 1. The molecule has 0 fully saturated rings. The molecule has 0 saturated carbocycles. The zero-order valence-corrected chi connectivity index (χ0v) is 14.6. The highest BCUT2D eigenvalue weighted by Gasteiger charge is 2.15. The fraction of sp³-hybridized carbons (Fsp3) is 0.312. The van der Waals surface area contributed by atoms with Crippen LogP contribution in [0.15, 0.2) is 33.9 Å². The number of thioether (sulfide) groups is 1. The third-order valence-corrected chi connectivity index (χ3v) is 4.58. The van der Waals surface area contributed by atoms with E-state index in [1.54, 1.807) is 0 Å². The minimum Gasteiger partial charge on any atom is -0.494 e. The second-order valence-corrected chi connectivity index (χ2v) is 6.17. The quantitative estimate of drug-likeness (QED) is 0.542. The lowest BCUT2D eigenvalue weighted by atomic mass is 10.2. The van der Waals surface area contributed by atoms with E-state index < -0.39 is 0 Å². The summed E-state index contributed by atoms with van der Waals surface area (Å²) in [5.41, 5.74) is 2.83. The molecule has 7 nitrogen and oxygen atoms in total. The number of hydrogen-bond acceptors (Lipinski definition) is 7.